The van der Waals surface area contributed by atoms with Crippen LogP contribution in [0.3, 0.4) is 0 Å². The highest BCUT2D eigenvalue weighted by Gasteiger charge is 2.34. The molecule has 72 valence electrons. The summed E-state index contributed by atoms with van der Waals surface area (Å²) in [6.07, 6.45) is 8.08. The Bertz CT molecular complexity index is 237. The van der Waals surface area contributed by atoms with Crippen molar-refractivity contribution in [3.63, 3.8) is 0 Å². The van der Waals surface area contributed by atoms with Gasteiger partial charge in [0.05, 0.1) is 0 Å². The van der Waals surface area contributed by atoms with E-state index >= 15 is 0 Å². The summed E-state index contributed by atoms with van der Waals surface area (Å²) in [6.45, 7) is 1.15. The quantitative estimate of drug-likeness (QED) is 0.652. The van der Waals surface area contributed by atoms with Crippen molar-refractivity contribution in [1.82, 2.24) is 4.90 Å². The van der Waals surface area contributed by atoms with Crippen molar-refractivity contribution in [2.24, 2.45) is 0 Å². The fourth-order valence-corrected chi connectivity index (χ4v) is 2.53. The number of carbonyl (C=O) groups is 1. The van der Waals surface area contributed by atoms with Crippen LogP contribution in [0, 0.1) is 0 Å². The maximum atomic E-state index is 10.3. The van der Waals surface area contributed by atoms with E-state index < -0.39 is 5.97 Å². The number of carboxylic acids is 1. The lowest BCUT2D eigenvalue weighted by molar-refractivity contribution is -0.131. The summed E-state index contributed by atoms with van der Waals surface area (Å²) in [4.78, 5) is 12.8. The second-order valence-corrected chi connectivity index (χ2v) is 3.88. The molecule has 1 N–H and O–H groups in total. The second kappa shape index (κ2) is 3.50. The molecule has 0 radical (unpaired) electrons. The molecule has 2 aliphatic heterocycles. The van der Waals surface area contributed by atoms with E-state index in [0.717, 1.165) is 19.0 Å². The van der Waals surface area contributed by atoms with Crippen LogP contribution in [0.2, 0.25) is 0 Å². The maximum Gasteiger partial charge on any atom is 0.328 e. The average Bonchev–Trinajstić information content (AvgIpc) is 2.60. The molecular weight excluding hydrogens is 166 g/mol. The predicted octanol–water partition coefficient (Wildman–Crippen LogP) is 1.25. The molecule has 2 saturated heterocycles. The summed E-state index contributed by atoms with van der Waals surface area (Å²) in [5.41, 5.74) is 0. The molecule has 13 heavy (non-hydrogen) atoms. The number of fused-ring (bicyclic) bond motifs is 1. The zero-order valence-corrected chi connectivity index (χ0v) is 7.65. The molecule has 3 heteroatoms. The van der Waals surface area contributed by atoms with Crippen LogP contribution in [-0.4, -0.2) is 34.6 Å². The Morgan fingerprint density at radius 1 is 1.38 bits per heavy atom. The van der Waals surface area contributed by atoms with Gasteiger partial charge in [-0.2, -0.15) is 0 Å². The Kier molecular flexibility index (Phi) is 2.36. The van der Waals surface area contributed by atoms with Gasteiger partial charge in [0.15, 0.2) is 0 Å². The summed E-state index contributed by atoms with van der Waals surface area (Å²) in [5.74, 6) is -0.831. The minimum Gasteiger partial charge on any atom is -0.478 e. The van der Waals surface area contributed by atoms with Crippen molar-refractivity contribution >= 4 is 5.97 Å². The first-order valence-electron chi connectivity index (χ1n) is 4.94. The van der Waals surface area contributed by atoms with Gasteiger partial charge < -0.3 is 5.11 Å². The lowest BCUT2D eigenvalue weighted by atomic mass is 10.1. The third kappa shape index (κ3) is 1.75. The molecule has 0 aromatic heterocycles. The molecule has 3 nitrogen and oxygen atoms in total. The summed E-state index contributed by atoms with van der Waals surface area (Å²) >= 11 is 0. The predicted molar refractivity (Wildman–Crippen MR) is 49.5 cm³/mol. The molecule has 0 spiro atoms. The lowest BCUT2D eigenvalue weighted by Crippen LogP contribution is -2.29. The highest BCUT2D eigenvalue weighted by Crippen LogP contribution is 2.32. The van der Waals surface area contributed by atoms with Crippen molar-refractivity contribution in [2.45, 2.75) is 37.8 Å². The molecule has 2 fully saturated rings. The summed E-state index contributed by atoms with van der Waals surface area (Å²) in [5, 5.41) is 8.51. The van der Waals surface area contributed by atoms with Gasteiger partial charge in [0.2, 0.25) is 0 Å². The van der Waals surface area contributed by atoms with Crippen LogP contribution in [0.5, 0.6) is 0 Å². The largest absolute Gasteiger partial charge is 0.478 e. The van der Waals surface area contributed by atoms with Crippen LogP contribution >= 0.6 is 0 Å². The van der Waals surface area contributed by atoms with Gasteiger partial charge in [-0.05, 0) is 32.2 Å². The van der Waals surface area contributed by atoms with E-state index in [1.165, 1.54) is 25.3 Å². The average molecular weight is 181 g/mol. The zero-order valence-electron chi connectivity index (χ0n) is 7.65. The number of nitrogens with zero attached hydrogens (tertiary/aromatic N) is 1. The highest BCUT2D eigenvalue weighted by molar-refractivity contribution is 5.79. The maximum absolute atomic E-state index is 10.3. The van der Waals surface area contributed by atoms with Crippen LogP contribution in [0.25, 0.3) is 0 Å². The van der Waals surface area contributed by atoms with Gasteiger partial charge in [0.25, 0.3) is 0 Å². The first-order chi connectivity index (χ1) is 6.27. The summed E-state index contributed by atoms with van der Waals surface area (Å²) < 4.78 is 0. The zero-order chi connectivity index (χ0) is 9.26. The molecule has 0 amide bonds. The van der Waals surface area contributed by atoms with E-state index in [1.807, 2.05) is 6.08 Å². The van der Waals surface area contributed by atoms with Gasteiger partial charge in [0, 0.05) is 18.2 Å². The first-order valence-corrected chi connectivity index (χ1v) is 4.94. The fraction of sp³-hybridized carbons (Fsp3) is 0.700. The summed E-state index contributed by atoms with van der Waals surface area (Å²) in [7, 11) is 0. The Hall–Kier alpha value is -0.830. The van der Waals surface area contributed by atoms with E-state index in [-0.39, 0.29) is 0 Å². The van der Waals surface area contributed by atoms with Crippen molar-refractivity contribution in [3.05, 3.63) is 12.2 Å². The van der Waals surface area contributed by atoms with Crippen LogP contribution in [-0.2, 0) is 4.79 Å². The van der Waals surface area contributed by atoms with Gasteiger partial charge in [-0.3, -0.25) is 4.90 Å². The number of carboxylic acid groups (broad SMARTS) is 1. The second-order valence-electron chi connectivity index (χ2n) is 3.88. The molecular formula is C10H15NO2. The van der Waals surface area contributed by atoms with Crippen molar-refractivity contribution in [1.29, 1.82) is 0 Å². The third-order valence-electron chi connectivity index (χ3n) is 3.11. The third-order valence-corrected chi connectivity index (χ3v) is 3.11. The molecule has 0 aromatic carbocycles. The summed E-state index contributed by atoms with van der Waals surface area (Å²) in [6, 6.07) is 1.13. The Balaban J connectivity index is 1.97. The Morgan fingerprint density at radius 3 is 3.00 bits per heavy atom. The minimum absolute atomic E-state index is 0.392. The van der Waals surface area contributed by atoms with Crippen molar-refractivity contribution in [3.8, 4) is 0 Å². The number of hydrogen-bond acceptors (Lipinski definition) is 2. The molecule has 2 aliphatic rings. The highest BCUT2D eigenvalue weighted by atomic mass is 16.4. The first kappa shape index (κ1) is 8.75. The lowest BCUT2D eigenvalue weighted by Gasteiger charge is -2.20. The molecule has 0 aromatic rings. The number of hydrogen-bond donors (Lipinski definition) is 1. The SMILES string of the molecule is O=C(O)/C=C/C1CCC2CCCN12. The van der Waals surface area contributed by atoms with Crippen LogP contribution in [0.15, 0.2) is 12.2 Å². The van der Waals surface area contributed by atoms with Gasteiger partial charge >= 0.3 is 5.97 Å². The molecule has 0 saturated carbocycles. The Morgan fingerprint density at radius 2 is 2.23 bits per heavy atom. The van der Waals surface area contributed by atoms with E-state index in [2.05, 4.69) is 4.90 Å². The number of rotatable bonds is 2. The van der Waals surface area contributed by atoms with Gasteiger partial charge in [-0.15, -0.1) is 0 Å². The van der Waals surface area contributed by atoms with Crippen LogP contribution in [0.4, 0.5) is 0 Å². The monoisotopic (exact) mass is 181 g/mol. The van der Waals surface area contributed by atoms with E-state index in [1.54, 1.807) is 0 Å². The molecule has 2 atom stereocenters. The van der Waals surface area contributed by atoms with Gasteiger partial charge in [-0.25, -0.2) is 4.79 Å². The Labute approximate surface area is 78.0 Å². The van der Waals surface area contributed by atoms with E-state index in [4.69, 9.17) is 5.11 Å². The molecule has 0 bridgehead atoms. The normalized spacial score (nSPS) is 34.2. The standard InChI is InChI=1S/C10H15NO2/c12-10(13)6-5-9-4-3-8-2-1-7-11(8)9/h5-6,8-9H,1-4,7H2,(H,12,13)/b6-5+. The molecule has 2 heterocycles. The molecule has 0 aliphatic carbocycles. The van der Waals surface area contributed by atoms with Crippen LogP contribution in [0.1, 0.15) is 25.7 Å². The fourth-order valence-electron chi connectivity index (χ4n) is 2.53. The van der Waals surface area contributed by atoms with Crippen LogP contribution < -0.4 is 0 Å². The molecule has 2 rings (SSSR count). The number of aliphatic carboxylic acids is 1. The van der Waals surface area contributed by atoms with E-state index in [0.29, 0.717) is 6.04 Å². The minimum atomic E-state index is -0.831. The van der Waals surface area contributed by atoms with Crippen molar-refractivity contribution in [2.75, 3.05) is 6.54 Å². The van der Waals surface area contributed by atoms with Gasteiger partial charge in [-0.1, -0.05) is 6.08 Å². The topological polar surface area (TPSA) is 40.5 Å². The smallest absolute Gasteiger partial charge is 0.328 e. The van der Waals surface area contributed by atoms with Gasteiger partial charge in [0.1, 0.15) is 0 Å². The van der Waals surface area contributed by atoms with E-state index in [9.17, 15) is 4.79 Å². The van der Waals surface area contributed by atoms with Crippen molar-refractivity contribution < 1.29 is 9.90 Å². The molecule has 2 unspecified atom stereocenters.